The summed E-state index contributed by atoms with van der Waals surface area (Å²) in [6, 6.07) is 0. The van der Waals surface area contributed by atoms with Gasteiger partial charge in [-0.15, -0.1) is 0 Å². The Morgan fingerprint density at radius 3 is 1.92 bits per heavy atom. The van der Waals surface area contributed by atoms with Crippen LogP contribution in [0.1, 0.15) is 6.92 Å². The number of nitrogens with zero attached hydrogens (tertiary/aromatic N) is 1. The van der Waals surface area contributed by atoms with Crippen LogP contribution < -0.4 is 0 Å². The van der Waals surface area contributed by atoms with Gasteiger partial charge in [-0.25, -0.2) is 4.79 Å². The molecule has 6 heteroatoms. The van der Waals surface area contributed by atoms with E-state index in [1.807, 2.05) is 0 Å². The first kappa shape index (κ1) is 12.5. The van der Waals surface area contributed by atoms with Gasteiger partial charge in [0.2, 0.25) is 11.9 Å². The quantitative estimate of drug-likeness (QED) is 0.250. The monoisotopic (exact) mass is 205 g/mol. The summed E-state index contributed by atoms with van der Waals surface area (Å²) >= 11 is 0. The highest BCUT2D eigenvalue weighted by atomic mass is 28.1. The maximum absolute atomic E-state index is 10.2. The number of hydrogen-bond acceptors (Lipinski definition) is 5. The van der Waals surface area contributed by atoms with E-state index in [1.165, 1.54) is 27.4 Å². The van der Waals surface area contributed by atoms with Crippen molar-refractivity contribution in [2.24, 2.45) is 4.99 Å². The fraction of sp³-hybridized carbons (Fsp3) is 0.857. The molecule has 1 atom stereocenters. The molecule has 0 radical (unpaired) electrons. The molecule has 0 spiro atoms. The largest absolute Gasteiger partial charge is 0.356 e. The van der Waals surface area contributed by atoms with E-state index in [4.69, 9.17) is 14.2 Å². The molecule has 0 aromatic heterocycles. The molecule has 0 amide bonds. The average Bonchev–Trinajstić information content (AvgIpc) is 2.16. The zero-order valence-electron chi connectivity index (χ0n) is 8.58. The van der Waals surface area contributed by atoms with Gasteiger partial charge in [0.15, 0.2) is 5.35 Å². The molecule has 0 bridgehead atoms. The van der Waals surface area contributed by atoms with Gasteiger partial charge < -0.3 is 14.2 Å². The summed E-state index contributed by atoms with van der Waals surface area (Å²) in [5, 5.41) is -1.06. The molecular weight excluding hydrogens is 190 g/mol. The van der Waals surface area contributed by atoms with Crippen LogP contribution in [0.4, 0.5) is 0 Å². The summed E-state index contributed by atoms with van der Waals surface area (Å²) < 4.78 is 15.3. The van der Waals surface area contributed by atoms with E-state index in [2.05, 4.69) is 4.99 Å². The van der Waals surface area contributed by atoms with Crippen LogP contribution in [0.15, 0.2) is 4.99 Å². The van der Waals surface area contributed by atoms with Gasteiger partial charge in [-0.05, 0) is 6.92 Å². The molecule has 0 aliphatic rings. The summed E-state index contributed by atoms with van der Waals surface area (Å²) in [6.45, 7) is 1.66. The SMILES string of the molecule is COC([SiH3])(N=C=O)C(C)(OC)OC. The lowest BCUT2D eigenvalue weighted by Gasteiger charge is -2.38. The molecule has 1 unspecified atom stereocenters. The lowest BCUT2D eigenvalue weighted by atomic mass is 10.2. The van der Waals surface area contributed by atoms with E-state index >= 15 is 0 Å². The highest BCUT2D eigenvalue weighted by molar-refractivity contribution is 6.15. The summed E-state index contributed by atoms with van der Waals surface area (Å²) in [6.07, 6.45) is 1.46. The maximum atomic E-state index is 10.2. The first-order valence-corrected chi connectivity index (χ1v) is 4.74. The van der Waals surface area contributed by atoms with Gasteiger partial charge >= 0.3 is 0 Å². The minimum Gasteiger partial charge on any atom is -0.356 e. The van der Waals surface area contributed by atoms with E-state index in [-0.39, 0.29) is 0 Å². The molecule has 0 heterocycles. The molecule has 0 saturated carbocycles. The molecule has 5 nitrogen and oxygen atoms in total. The summed E-state index contributed by atoms with van der Waals surface area (Å²) in [5.41, 5.74) is 0. The van der Waals surface area contributed by atoms with Crippen LogP contribution in [0.5, 0.6) is 0 Å². The second-order valence-electron chi connectivity index (χ2n) is 2.74. The number of hydrogen-bond donors (Lipinski definition) is 0. The zero-order chi connectivity index (χ0) is 10.5. The fourth-order valence-electron chi connectivity index (χ4n) is 0.882. The van der Waals surface area contributed by atoms with Gasteiger partial charge in [0.25, 0.3) is 0 Å². The van der Waals surface area contributed by atoms with E-state index < -0.39 is 11.1 Å². The Hall–Kier alpha value is -0.523. The molecular formula is C7H15NO4Si. The molecule has 13 heavy (non-hydrogen) atoms. The first-order chi connectivity index (χ1) is 5.99. The topological polar surface area (TPSA) is 57.1 Å². The Kier molecular flexibility index (Phi) is 4.45. The Bertz CT molecular complexity index is 213. The van der Waals surface area contributed by atoms with Crippen molar-refractivity contribution in [1.82, 2.24) is 0 Å². The molecule has 0 rings (SSSR count). The van der Waals surface area contributed by atoms with Gasteiger partial charge in [-0.3, -0.25) is 0 Å². The van der Waals surface area contributed by atoms with Gasteiger partial charge in [-0.1, -0.05) is 0 Å². The molecule has 0 aromatic carbocycles. The summed E-state index contributed by atoms with van der Waals surface area (Å²) in [7, 11) is 4.84. The van der Waals surface area contributed by atoms with Crippen molar-refractivity contribution >= 4 is 16.3 Å². The summed E-state index contributed by atoms with van der Waals surface area (Å²) in [4.78, 5) is 13.8. The highest BCUT2D eigenvalue weighted by Gasteiger charge is 2.46. The number of carbonyl (C=O) groups excluding carboxylic acids is 1. The molecule has 0 fully saturated rings. The predicted octanol–water partition coefficient (Wildman–Crippen LogP) is -1.00. The zero-order valence-corrected chi connectivity index (χ0v) is 10.6. The second-order valence-corrected chi connectivity index (χ2v) is 4.10. The van der Waals surface area contributed by atoms with Gasteiger partial charge in [0.05, 0.1) is 10.2 Å². The van der Waals surface area contributed by atoms with E-state index in [0.717, 1.165) is 0 Å². The Balaban J connectivity index is 5.01. The minimum absolute atomic E-state index is 0.454. The Morgan fingerprint density at radius 2 is 1.69 bits per heavy atom. The molecule has 0 aliphatic heterocycles. The lowest BCUT2D eigenvalue weighted by molar-refractivity contribution is -0.267. The molecule has 0 N–H and O–H groups in total. The van der Waals surface area contributed by atoms with Crippen LogP contribution in [-0.4, -0.2) is 48.8 Å². The van der Waals surface area contributed by atoms with Crippen LogP contribution >= 0.6 is 0 Å². The predicted molar refractivity (Wildman–Crippen MR) is 50.2 cm³/mol. The molecule has 0 saturated heterocycles. The maximum Gasteiger partial charge on any atom is 0.237 e. The van der Waals surface area contributed by atoms with Crippen LogP contribution in [0.25, 0.3) is 0 Å². The normalized spacial score (nSPS) is 16.3. The smallest absolute Gasteiger partial charge is 0.237 e. The Labute approximate surface area is 80.5 Å². The summed E-state index contributed by atoms with van der Waals surface area (Å²) in [5.74, 6) is -1.05. The number of ether oxygens (including phenoxy) is 3. The van der Waals surface area contributed by atoms with Crippen molar-refractivity contribution in [2.75, 3.05) is 21.3 Å². The molecule has 0 aromatic rings. The fourth-order valence-corrected chi connectivity index (χ4v) is 1.38. The third-order valence-corrected chi connectivity index (χ3v) is 3.82. The number of rotatable bonds is 5. The van der Waals surface area contributed by atoms with E-state index in [9.17, 15) is 4.79 Å². The van der Waals surface area contributed by atoms with Crippen LogP contribution in [0.2, 0.25) is 0 Å². The number of methoxy groups -OCH3 is 3. The van der Waals surface area contributed by atoms with Crippen molar-refractivity contribution in [2.45, 2.75) is 18.1 Å². The lowest BCUT2D eigenvalue weighted by Crippen LogP contribution is -2.55. The van der Waals surface area contributed by atoms with Crippen molar-refractivity contribution < 1.29 is 19.0 Å². The van der Waals surface area contributed by atoms with Crippen molar-refractivity contribution in [1.29, 1.82) is 0 Å². The van der Waals surface area contributed by atoms with Gasteiger partial charge in [0.1, 0.15) is 0 Å². The van der Waals surface area contributed by atoms with Crippen molar-refractivity contribution in [3.63, 3.8) is 0 Å². The van der Waals surface area contributed by atoms with Crippen molar-refractivity contribution in [3.05, 3.63) is 0 Å². The third-order valence-electron chi connectivity index (χ3n) is 2.28. The Morgan fingerprint density at radius 1 is 1.23 bits per heavy atom. The van der Waals surface area contributed by atoms with Crippen LogP contribution in [0, 0.1) is 0 Å². The minimum atomic E-state index is -1.06. The third kappa shape index (κ3) is 2.23. The highest BCUT2D eigenvalue weighted by Crippen LogP contribution is 2.27. The van der Waals surface area contributed by atoms with E-state index in [0.29, 0.717) is 10.2 Å². The number of aliphatic imine (C=N–C) groups is 1. The van der Waals surface area contributed by atoms with Gasteiger partial charge in [-0.2, -0.15) is 4.99 Å². The standard InChI is InChI=1S/C7H15NO4Si/c1-6(10-2,11-3)7(13,12-4)8-5-9/h1-4,13H3. The van der Waals surface area contributed by atoms with Gasteiger partial charge in [0, 0.05) is 21.3 Å². The van der Waals surface area contributed by atoms with Crippen LogP contribution in [0.3, 0.4) is 0 Å². The van der Waals surface area contributed by atoms with E-state index in [1.54, 1.807) is 6.92 Å². The second kappa shape index (κ2) is 4.64. The molecule has 76 valence electrons. The first-order valence-electron chi connectivity index (χ1n) is 3.74. The average molecular weight is 205 g/mol. The number of isocyanates is 1. The molecule has 0 aliphatic carbocycles. The van der Waals surface area contributed by atoms with Crippen molar-refractivity contribution in [3.8, 4) is 0 Å². The van der Waals surface area contributed by atoms with Crippen LogP contribution in [-0.2, 0) is 19.0 Å².